The van der Waals surface area contributed by atoms with E-state index in [9.17, 15) is 14.4 Å². The first-order valence-electron chi connectivity index (χ1n) is 10.4. The number of nitrogens with zero attached hydrogens (tertiary/aromatic N) is 1. The zero-order valence-corrected chi connectivity index (χ0v) is 17.9. The number of carbonyl (C=O) groups excluding carboxylic acids is 2. The summed E-state index contributed by atoms with van der Waals surface area (Å²) in [6.07, 6.45) is 0.131. The predicted octanol–water partition coefficient (Wildman–Crippen LogP) is 4.06. The van der Waals surface area contributed by atoms with E-state index in [-0.39, 0.29) is 25.0 Å². The number of fused-ring (bicyclic) bond motifs is 1. The molecule has 2 heterocycles. The van der Waals surface area contributed by atoms with Gasteiger partial charge in [-0.3, -0.25) is 9.59 Å². The van der Waals surface area contributed by atoms with Crippen LogP contribution in [0.2, 0.25) is 0 Å². The first kappa shape index (κ1) is 20.8. The SMILES string of the molecule is Cc1ccc2c(COC(=O)[C@@H]3CC(=O)N([C@H](C)c4ccccc4)C3)cc(=O)oc2c1C. The van der Waals surface area contributed by atoms with Crippen LogP contribution < -0.4 is 5.63 Å². The van der Waals surface area contributed by atoms with Gasteiger partial charge in [0.2, 0.25) is 5.91 Å². The van der Waals surface area contributed by atoms with Gasteiger partial charge in [0.1, 0.15) is 12.2 Å². The lowest BCUT2D eigenvalue weighted by Crippen LogP contribution is -2.29. The third-order valence-electron chi connectivity index (χ3n) is 6.13. The first-order valence-corrected chi connectivity index (χ1v) is 10.4. The molecule has 1 aliphatic rings. The van der Waals surface area contributed by atoms with Gasteiger partial charge in [0.15, 0.2) is 0 Å². The summed E-state index contributed by atoms with van der Waals surface area (Å²) >= 11 is 0. The highest BCUT2D eigenvalue weighted by molar-refractivity contribution is 5.87. The van der Waals surface area contributed by atoms with Gasteiger partial charge in [-0.2, -0.15) is 0 Å². The molecule has 1 fully saturated rings. The molecular formula is C25H25NO5. The second kappa shape index (κ2) is 8.38. The van der Waals surface area contributed by atoms with Gasteiger partial charge in [0.05, 0.1) is 12.0 Å². The van der Waals surface area contributed by atoms with E-state index in [1.54, 1.807) is 4.90 Å². The van der Waals surface area contributed by atoms with Gasteiger partial charge in [0.25, 0.3) is 0 Å². The highest BCUT2D eigenvalue weighted by Gasteiger charge is 2.38. The third kappa shape index (κ3) is 4.10. The van der Waals surface area contributed by atoms with Crippen LogP contribution in [0.5, 0.6) is 0 Å². The zero-order valence-electron chi connectivity index (χ0n) is 17.9. The maximum Gasteiger partial charge on any atom is 0.336 e. The molecule has 3 aromatic rings. The van der Waals surface area contributed by atoms with Gasteiger partial charge in [-0.15, -0.1) is 0 Å². The summed E-state index contributed by atoms with van der Waals surface area (Å²) in [6.45, 7) is 6.08. The summed E-state index contributed by atoms with van der Waals surface area (Å²) in [5, 5.41) is 0.748. The average Bonchev–Trinajstić information content (AvgIpc) is 3.16. The molecule has 6 heteroatoms. The molecule has 1 saturated heterocycles. The largest absolute Gasteiger partial charge is 0.461 e. The van der Waals surface area contributed by atoms with Gasteiger partial charge >= 0.3 is 11.6 Å². The van der Waals surface area contributed by atoms with Crippen molar-refractivity contribution in [2.24, 2.45) is 5.92 Å². The zero-order chi connectivity index (χ0) is 22.1. The maximum absolute atomic E-state index is 12.7. The molecule has 160 valence electrons. The average molecular weight is 419 g/mol. The monoisotopic (exact) mass is 419 g/mol. The van der Waals surface area contributed by atoms with E-state index in [0.717, 1.165) is 22.1 Å². The number of hydrogen-bond acceptors (Lipinski definition) is 5. The van der Waals surface area contributed by atoms with Crippen LogP contribution in [-0.2, 0) is 20.9 Å². The number of aryl methyl sites for hydroxylation is 2. The quantitative estimate of drug-likeness (QED) is 0.460. The highest BCUT2D eigenvalue weighted by Crippen LogP contribution is 2.29. The minimum atomic E-state index is -0.519. The molecule has 0 radical (unpaired) electrons. The fraction of sp³-hybridized carbons (Fsp3) is 0.320. The summed E-state index contributed by atoms with van der Waals surface area (Å²) in [4.78, 5) is 39.0. The molecule has 0 aliphatic carbocycles. The minimum absolute atomic E-state index is 0.0393. The number of carbonyl (C=O) groups is 2. The van der Waals surface area contributed by atoms with Crippen molar-refractivity contribution in [2.45, 2.75) is 39.8 Å². The summed E-state index contributed by atoms with van der Waals surface area (Å²) in [5.41, 5.74) is 3.56. The molecule has 0 spiro atoms. The van der Waals surface area contributed by atoms with E-state index in [2.05, 4.69) is 0 Å². The van der Waals surface area contributed by atoms with Crippen molar-refractivity contribution in [3.63, 3.8) is 0 Å². The van der Waals surface area contributed by atoms with Crippen molar-refractivity contribution in [3.05, 3.63) is 81.2 Å². The summed E-state index contributed by atoms with van der Waals surface area (Å²) in [5.74, 6) is -1.01. The third-order valence-corrected chi connectivity index (χ3v) is 6.13. The van der Waals surface area contributed by atoms with Crippen LogP contribution in [0, 0.1) is 19.8 Å². The molecular weight excluding hydrogens is 394 g/mol. The second-order valence-electron chi connectivity index (χ2n) is 8.12. The summed E-state index contributed by atoms with van der Waals surface area (Å²) < 4.78 is 10.9. The lowest BCUT2D eigenvalue weighted by molar-refractivity contribution is -0.149. The number of benzene rings is 2. The fourth-order valence-corrected chi connectivity index (χ4v) is 4.09. The Labute approximate surface area is 180 Å². The van der Waals surface area contributed by atoms with Crippen LogP contribution in [0.3, 0.4) is 0 Å². The number of likely N-dealkylation sites (tertiary alicyclic amines) is 1. The molecule has 0 N–H and O–H groups in total. The van der Waals surface area contributed by atoms with Crippen LogP contribution in [0.4, 0.5) is 0 Å². The van der Waals surface area contributed by atoms with E-state index in [1.165, 1.54) is 6.07 Å². The van der Waals surface area contributed by atoms with Crippen LogP contribution in [0.1, 0.15) is 41.6 Å². The molecule has 0 saturated carbocycles. The minimum Gasteiger partial charge on any atom is -0.461 e. The van der Waals surface area contributed by atoms with Crippen LogP contribution >= 0.6 is 0 Å². The fourth-order valence-electron chi connectivity index (χ4n) is 4.09. The molecule has 2 atom stereocenters. The lowest BCUT2D eigenvalue weighted by atomic mass is 10.0. The van der Waals surface area contributed by atoms with Crippen molar-refractivity contribution in [1.29, 1.82) is 0 Å². The maximum atomic E-state index is 12.7. The van der Waals surface area contributed by atoms with E-state index < -0.39 is 17.5 Å². The van der Waals surface area contributed by atoms with Gasteiger partial charge < -0.3 is 14.1 Å². The topological polar surface area (TPSA) is 76.8 Å². The molecule has 1 aliphatic heterocycles. The van der Waals surface area contributed by atoms with Crippen LogP contribution in [0.15, 0.2) is 57.7 Å². The smallest absolute Gasteiger partial charge is 0.336 e. The molecule has 6 nitrogen and oxygen atoms in total. The van der Waals surface area contributed by atoms with Crippen molar-refractivity contribution in [2.75, 3.05) is 6.54 Å². The Balaban J connectivity index is 1.47. The van der Waals surface area contributed by atoms with E-state index in [0.29, 0.717) is 17.7 Å². The Bertz CT molecular complexity index is 1200. The van der Waals surface area contributed by atoms with Gasteiger partial charge in [-0.1, -0.05) is 42.5 Å². The molecule has 1 amide bonds. The normalized spacial score (nSPS) is 17.2. The molecule has 2 aromatic carbocycles. The Morgan fingerprint density at radius 3 is 2.65 bits per heavy atom. The van der Waals surface area contributed by atoms with Gasteiger partial charge in [0, 0.05) is 30.0 Å². The molecule has 0 bridgehead atoms. The van der Waals surface area contributed by atoms with Crippen LogP contribution in [0.25, 0.3) is 11.0 Å². The Morgan fingerprint density at radius 1 is 1.16 bits per heavy atom. The standard InChI is InChI=1S/C25H25NO5/c1-15-9-10-21-20(12-23(28)31-24(21)16(15)2)14-30-25(29)19-11-22(27)26(13-19)17(3)18-7-5-4-6-8-18/h4-10,12,17,19H,11,13-14H2,1-3H3/t17-,19-/m1/s1. The molecule has 4 rings (SSSR count). The highest BCUT2D eigenvalue weighted by atomic mass is 16.5. The number of rotatable bonds is 5. The van der Waals surface area contributed by atoms with E-state index in [1.807, 2.05) is 63.2 Å². The van der Waals surface area contributed by atoms with E-state index >= 15 is 0 Å². The molecule has 0 unspecified atom stereocenters. The first-order chi connectivity index (χ1) is 14.8. The number of ether oxygens (including phenoxy) is 1. The van der Waals surface area contributed by atoms with E-state index in [4.69, 9.17) is 9.15 Å². The van der Waals surface area contributed by atoms with Crippen molar-refractivity contribution >= 4 is 22.8 Å². The lowest BCUT2D eigenvalue weighted by Gasteiger charge is -2.25. The Kier molecular flexibility index (Phi) is 5.63. The molecule has 1 aromatic heterocycles. The number of amides is 1. The second-order valence-corrected chi connectivity index (χ2v) is 8.12. The van der Waals surface area contributed by atoms with Crippen molar-refractivity contribution in [1.82, 2.24) is 4.90 Å². The van der Waals surface area contributed by atoms with Crippen molar-refractivity contribution in [3.8, 4) is 0 Å². The van der Waals surface area contributed by atoms with Crippen molar-refractivity contribution < 1.29 is 18.7 Å². The van der Waals surface area contributed by atoms with Crippen LogP contribution in [-0.4, -0.2) is 23.3 Å². The van der Waals surface area contributed by atoms with Gasteiger partial charge in [-0.05, 0) is 37.5 Å². The Morgan fingerprint density at radius 2 is 1.90 bits per heavy atom. The number of hydrogen-bond donors (Lipinski definition) is 0. The predicted molar refractivity (Wildman–Crippen MR) is 116 cm³/mol. The number of esters is 1. The van der Waals surface area contributed by atoms with Gasteiger partial charge in [-0.25, -0.2) is 4.79 Å². The summed E-state index contributed by atoms with van der Waals surface area (Å²) in [6, 6.07) is 14.8. The summed E-state index contributed by atoms with van der Waals surface area (Å²) in [7, 11) is 0. The Hall–Kier alpha value is -3.41. The molecule has 31 heavy (non-hydrogen) atoms.